The normalized spacial score (nSPS) is 10.9. The number of aromatic nitrogens is 1. The first-order valence-electron chi connectivity index (χ1n) is 4.80. The van der Waals surface area contributed by atoms with Crippen LogP contribution in [0.3, 0.4) is 0 Å². The van der Waals surface area contributed by atoms with E-state index in [1.165, 1.54) is 18.0 Å². The number of carbonyl (C=O) groups is 1. The minimum absolute atomic E-state index is 0.136. The van der Waals surface area contributed by atoms with Gasteiger partial charge in [-0.1, -0.05) is 35.5 Å². The number of nitrogens with zero attached hydrogens (tertiary/aromatic N) is 1. The van der Waals surface area contributed by atoms with Crippen LogP contribution in [-0.2, 0) is 4.79 Å². The number of allylic oxidation sites excluding steroid dienone is 1. The fourth-order valence-electron chi connectivity index (χ4n) is 1.08. The fourth-order valence-corrected chi connectivity index (χ4v) is 1.79. The van der Waals surface area contributed by atoms with Crippen molar-refractivity contribution in [3.63, 3.8) is 0 Å². The first kappa shape index (κ1) is 13.1. The van der Waals surface area contributed by atoms with Crippen molar-refractivity contribution in [2.24, 2.45) is 0 Å². The van der Waals surface area contributed by atoms with Crippen LogP contribution in [0.1, 0.15) is 18.9 Å². The number of hydrogen-bond acceptors (Lipinski definition) is 4. The van der Waals surface area contributed by atoms with E-state index in [0.29, 0.717) is 10.8 Å². The van der Waals surface area contributed by atoms with Crippen molar-refractivity contribution in [3.8, 4) is 0 Å². The lowest BCUT2D eigenvalue weighted by atomic mass is 10.2. The van der Waals surface area contributed by atoms with Crippen molar-refractivity contribution in [1.29, 1.82) is 0 Å². The monoisotopic (exact) mass is 256 g/mol. The molecule has 0 aromatic carbocycles. The van der Waals surface area contributed by atoms with Gasteiger partial charge in [-0.25, -0.2) is 4.98 Å². The third kappa shape index (κ3) is 4.68. The number of rotatable bonds is 4. The van der Waals surface area contributed by atoms with Crippen molar-refractivity contribution < 1.29 is 4.79 Å². The van der Waals surface area contributed by atoms with Crippen LogP contribution in [0.4, 0.5) is 5.82 Å². The third-order valence-electron chi connectivity index (χ3n) is 1.80. The highest BCUT2D eigenvalue weighted by atomic mass is 35.5. The van der Waals surface area contributed by atoms with Gasteiger partial charge >= 0.3 is 0 Å². The van der Waals surface area contributed by atoms with Crippen molar-refractivity contribution in [2.45, 2.75) is 13.3 Å². The molecule has 16 heavy (non-hydrogen) atoms. The van der Waals surface area contributed by atoms with E-state index in [2.05, 4.69) is 4.98 Å². The smallest absolute Gasteiger partial charge is 0.185 e. The van der Waals surface area contributed by atoms with Crippen LogP contribution in [0, 0.1) is 0 Å². The minimum Gasteiger partial charge on any atom is -0.383 e. The van der Waals surface area contributed by atoms with Crippen molar-refractivity contribution in [1.82, 2.24) is 4.98 Å². The van der Waals surface area contributed by atoms with Gasteiger partial charge < -0.3 is 5.73 Å². The number of thioether (sulfide) groups is 1. The zero-order valence-corrected chi connectivity index (χ0v) is 10.5. The van der Waals surface area contributed by atoms with Gasteiger partial charge in [0.05, 0.1) is 5.02 Å². The topological polar surface area (TPSA) is 56.0 Å². The number of nitrogen functional groups attached to an aromatic ring is 1. The number of pyridine rings is 1. The Bertz CT molecular complexity index is 407. The molecule has 0 bridgehead atoms. The zero-order chi connectivity index (χ0) is 12.0. The van der Waals surface area contributed by atoms with Gasteiger partial charge in [0.2, 0.25) is 0 Å². The van der Waals surface area contributed by atoms with Crippen LogP contribution in [0.2, 0.25) is 5.02 Å². The Morgan fingerprint density at radius 2 is 2.44 bits per heavy atom. The molecule has 0 saturated heterocycles. The van der Waals surface area contributed by atoms with E-state index in [1.807, 2.05) is 12.2 Å². The largest absolute Gasteiger partial charge is 0.383 e. The van der Waals surface area contributed by atoms with Gasteiger partial charge in [-0.05, 0) is 12.5 Å². The Balaban J connectivity index is 2.49. The van der Waals surface area contributed by atoms with E-state index in [4.69, 9.17) is 17.3 Å². The molecule has 0 unspecified atom stereocenters. The Kier molecular flexibility index (Phi) is 5.35. The summed E-state index contributed by atoms with van der Waals surface area (Å²) in [4.78, 5) is 14.6. The first-order chi connectivity index (χ1) is 7.59. The van der Waals surface area contributed by atoms with Gasteiger partial charge in [-0.15, -0.1) is 0 Å². The molecule has 1 rings (SSSR count). The van der Waals surface area contributed by atoms with Crippen LogP contribution in [0.5, 0.6) is 0 Å². The van der Waals surface area contributed by atoms with Gasteiger partial charge in [0, 0.05) is 24.4 Å². The van der Waals surface area contributed by atoms with E-state index in [-0.39, 0.29) is 5.12 Å². The van der Waals surface area contributed by atoms with Gasteiger partial charge in [-0.3, -0.25) is 4.79 Å². The van der Waals surface area contributed by atoms with Crippen molar-refractivity contribution in [2.75, 3.05) is 11.5 Å². The molecule has 3 nitrogen and oxygen atoms in total. The Morgan fingerprint density at radius 1 is 1.69 bits per heavy atom. The van der Waals surface area contributed by atoms with Crippen molar-refractivity contribution in [3.05, 3.63) is 28.9 Å². The lowest BCUT2D eigenvalue weighted by Crippen LogP contribution is -1.92. The second-order valence-electron chi connectivity index (χ2n) is 3.16. The molecule has 0 aliphatic carbocycles. The second-order valence-corrected chi connectivity index (χ2v) is 4.87. The SMILES string of the molecule is CC(=O)SCCC=Cc1cc(Cl)cnc1N. The summed E-state index contributed by atoms with van der Waals surface area (Å²) < 4.78 is 0. The molecule has 5 heteroatoms. The molecule has 0 atom stereocenters. The molecule has 0 radical (unpaired) electrons. The van der Waals surface area contributed by atoms with E-state index in [9.17, 15) is 4.79 Å². The summed E-state index contributed by atoms with van der Waals surface area (Å²) >= 11 is 7.11. The minimum atomic E-state index is 0.136. The molecular weight excluding hydrogens is 244 g/mol. The number of hydrogen-bond donors (Lipinski definition) is 1. The summed E-state index contributed by atoms with van der Waals surface area (Å²) in [7, 11) is 0. The molecule has 0 fully saturated rings. The highest BCUT2D eigenvalue weighted by Crippen LogP contribution is 2.16. The number of nitrogens with two attached hydrogens (primary N) is 1. The maximum absolute atomic E-state index is 10.7. The summed E-state index contributed by atoms with van der Waals surface area (Å²) in [5, 5.41) is 0.698. The molecule has 1 aromatic rings. The summed E-state index contributed by atoms with van der Waals surface area (Å²) in [5.74, 6) is 1.24. The van der Waals surface area contributed by atoms with Gasteiger partial charge in [0.25, 0.3) is 0 Å². The molecule has 0 aliphatic heterocycles. The standard InChI is InChI=1S/C11H13ClN2OS/c1-8(15)16-5-3-2-4-9-6-10(12)7-14-11(9)13/h2,4,6-7H,3,5H2,1H3,(H2,13,14). The molecular formula is C11H13ClN2OS. The third-order valence-corrected chi connectivity index (χ3v) is 2.86. The highest BCUT2D eigenvalue weighted by molar-refractivity contribution is 8.13. The first-order valence-corrected chi connectivity index (χ1v) is 6.17. The summed E-state index contributed by atoms with van der Waals surface area (Å²) in [6.07, 6.45) is 6.16. The highest BCUT2D eigenvalue weighted by Gasteiger charge is 1.97. The summed E-state index contributed by atoms with van der Waals surface area (Å²) in [6, 6.07) is 1.76. The van der Waals surface area contributed by atoms with E-state index in [0.717, 1.165) is 17.7 Å². The Hall–Kier alpha value is -1.00. The number of anilines is 1. The molecule has 2 N–H and O–H groups in total. The maximum Gasteiger partial charge on any atom is 0.185 e. The van der Waals surface area contributed by atoms with Crippen molar-refractivity contribution >= 4 is 40.4 Å². The second kappa shape index (κ2) is 6.55. The molecule has 0 saturated carbocycles. The summed E-state index contributed by atoms with van der Waals surface area (Å²) in [5.41, 5.74) is 6.48. The zero-order valence-electron chi connectivity index (χ0n) is 8.94. The van der Waals surface area contributed by atoms with E-state index < -0.39 is 0 Å². The van der Waals surface area contributed by atoms with Gasteiger partial charge in [-0.2, -0.15) is 0 Å². The Morgan fingerprint density at radius 3 is 3.12 bits per heavy atom. The predicted molar refractivity (Wildman–Crippen MR) is 70.4 cm³/mol. The Labute approximate surface area is 104 Å². The van der Waals surface area contributed by atoms with Crippen LogP contribution >= 0.6 is 23.4 Å². The molecule has 1 heterocycles. The predicted octanol–water partition coefficient (Wildman–Crippen LogP) is 3.00. The number of carbonyl (C=O) groups excluding carboxylic acids is 1. The van der Waals surface area contributed by atoms with Crippen LogP contribution in [0.15, 0.2) is 18.3 Å². The molecule has 86 valence electrons. The quantitative estimate of drug-likeness (QED) is 0.842. The molecule has 1 aromatic heterocycles. The molecule has 0 amide bonds. The fraction of sp³-hybridized carbons (Fsp3) is 0.273. The molecule has 0 aliphatic rings. The van der Waals surface area contributed by atoms with Crippen LogP contribution in [0.25, 0.3) is 6.08 Å². The maximum atomic E-state index is 10.7. The summed E-state index contributed by atoms with van der Waals surface area (Å²) in [6.45, 7) is 1.56. The lowest BCUT2D eigenvalue weighted by Gasteiger charge is -1.99. The lowest BCUT2D eigenvalue weighted by molar-refractivity contribution is -0.109. The van der Waals surface area contributed by atoms with Gasteiger partial charge in [0.15, 0.2) is 5.12 Å². The van der Waals surface area contributed by atoms with Crippen LogP contribution < -0.4 is 5.73 Å². The van der Waals surface area contributed by atoms with Gasteiger partial charge in [0.1, 0.15) is 5.82 Å². The van der Waals surface area contributed by atoms with E-state index >= 15 is 0 Å². The van der Waals surface area contributed by atoms with Crippen LogP contribution in [-0.4, -0.2) is 15.9 Å². The molecule has 0 spiro atoms. The average molecular weight is 257 g/mol. The number of halogens is 1. The average Bonchev–Trinajstić information content (AvgIpc) is 2.22. The van der Waals surface area contributed by atoms with E-state index in [1.54, 1.807) is 13.0 Å².